The smallest absolute Gasteiger partial charge is 0.744 e. The fraction of sp³-hybridized carbons (Fsp3) is 0. The Balaban J connectivity index is 0.00000600. The number of nitrogens with zero attached hydrogens (tertiary/aromatic N) is 4. The summed E-state index contributed by atoms with van der Waals surface area (Å²) in [7, 11) is -10.3. The number of carboxylic acids is 2. The number of carbonyl (C=O) groups is 2. The Kier molecular flexibility index (Phi) is 19.7. The summed E-state index contributed by atoms with van der Waals surface area (Å²) in [6, 6.07) is 12.8. The molecule has 0 aliphatic carbocycles. The van der Waals surface area contributed by atoms with Gasteiger partial charge in [0.2, 0.25) is 0 Å². The molecule has 4 rings (SSSR count). The van der Waals surface area contributed by atoms with E-state index in [0.29, 0.717) is 0 Å². The number of phenols is 2. The molecule has 0 radical (unpaired) electrons. The Labute approximate surface area is 373 Å². The Hall–Kier alpha value is -1.82. The van der Waals surface area contributed by atoms with Crippen LogP contribution < -0.4 is 128 Å². The molecule has 4 aromatic carbocycles. The van der Waals surface area contributed by atoms with Crippen LogP contribution in [0.3, 0.4) is 0 Å². The number of benzene rings is 4. The average Bonchev–Trinajstić information content (AvgIpc) is 2.98. The topological polar surface area (TPSA) is 285 Å². The van der Waals surface area contributed by atoms with Crippen LogP contribution in [0, 0.1) is 0 Å². The van der Waals surface area contributed by atoms with Gasteiger partial charge in [0.05, 0.1) is 44.5 Å². The average molecular weight is 757 g/mol. The summed E-state index contributed by atoms with van der Waals surface area (Å²) in [4.78, 5) is 20.6. The van der Waals surface area contributed by atoms with Crippen molar-refractivity contribution in [1.82, 2.24) is 0 Å². The van der Waals surface area contributed by atoms with Crippen LogP contribution in [0.1, 0.15) is 31.8 Å². The van der Waals surface area contributed by atoms with Crippen molar-refractivity contribution in [2.24, 2.45) is 20.5 Å². The molecule has 0 bridgehead atoms. The van der Waals surface area contributed by atoms with Crippen LogP contribution in [0.25, 0.3) is 12.2 Å². The largest absolute Gasteiger partial charge is 1.00 e. The summed E-state index contributed by atoms with van der Waals surface area (Å²) in [6.07, 6.45) is 2.11. The number of hydrogen-bond acceptors (Lipinski definition) is 16. The van der Waals surface area contributed by atoms with Gasteiger partial charge in [0.25, 0.3) is 0 Å². The number of hydrogen-bond donors (Lipinski definition) is 2. The molecule has 4 aromatic rings. The molecule has 0 saturated heterocycles. The quantitative estimate of drug-likeness (QED) is 0.0661. The van der Waals surface area contributed by atoms with Gasteiger partial charge in [0.15, 0.2) is 0 Å². The van der Waals surface area contributed by atoms with Crippen LogP contribution >= 0.6 is 0 Å². The first-order chi connectivity index (χ1) is 21.5. The van der Waals surface area contributed by atoms with Crippen LogP contribution in [0.15, 0.2) is 103 Å². The van der Waals surface area contributed by atoms with Crippen LogP contribution in [-0.4, -0.2) is 48.1 Å². The van der Waals surface area contributed by atoms with Gasteiger partial charge in [-0.15, -0.1) is 0 Å². The van der Waals surface area contributed by atoms with E-state index in [9.17, 15) is 56.0 Å². The molecule has 50 heavy (non-hydrogen) atoms. The van der Waals surface area contributed by atoms with E-state index in [-0.39, 0.29) is 152 Å². The van der Waals surface area contributed by atoms with Crippen LogP contribution in [0.4, 0.5) is 22.7 Å². The molecule has 16 nitrogen and oxygen atoms in total. The fourth-order valence-corrected chi connectivity index (χ4v) is 5.17. The molecule has 2 N–H and O–H groups in total. The van der Waals surface area contributed by atoms with Gasteiger partial charge in [-0.05, 0) is 71.8 Å². The minimum atomic E-state index is -5.14. The zero-order valence-corrected chi connectivity index (χ0v) is 36.3. The molecule has 0 fully saturated rings. The number of aromatic hydroxyl groups is 2. The van der Waals surface area contributed by atoms with E-state index in [1.54, 1.807) is 0 Å². The second-order valence-electron chi connectivity index (χ2n) is 9.06. The Bertz CT molecular complexity index is 2060. The summed E-state index contributed by atoms with van der Waals surface area (Å²) in [5.41, 5.74) is -1.96. The normalized spacial score (nSPS) is 11.3. The van der Waals surface area contributed by atoms with Gasteiger partial charge >= 0.3 is 118 Å². The zero-order valence-electron chi connectivity index (χ0n) is 26.7. The Morgan fingerprint density at radius 1 is 0.520 bits per heavy atom. The summed E-state index contributed by atoms with van der Waals surface area (Å²) >= 11 is 0. The zero-order chi connectivity index (χ0) is 33.8. The summed E-state index contributed by atoms with van der Waals surface area (Å²) in [5.74, 6) is -4.52. The maximum atomic E-state index is 12.0. The molecule has 0 heterocycles. The van der Waals surface area contributed by atoms with Crippen molar-refractivity contribution in [2.75, 3.05) is 0 Å². The number of aromatic carboxylic acids is 2. The van der Waals surface area contributed by atoms with Crippen molar-refractivity contribution in [2.45, 2.75) is 9.79 Å². The fourth-order valence-electron chi connectivity index (χ4n) is 3.79. The van der Waals surface area contributed by atoms with Crippen molar-refractivity contribution in [3.63, 3.8) is 0 Å². The van der Waals surface area contributed by atoms with Crippen LogP contribution in [-0.2, 0) is 20.2 Å². The monoisotopic (exact) mass is 756 g/mol. The third-order valence-electron chi connectivity index (χ3n) is 5.94. The van der Waals surface area contributed by atoms with E-state index in [1.807, 2.05) is 0 Å². The molecule has 0 saturated carbocycles. The predicted molar refractivity (Wildman–Crippen MR) is 151 cm³/mol. The minimum Gasteiger partial charge on any atom is -0.744 e. The van der Waals surface area contributed by atoms with Gasteiger partial charge < -0.3 is 39.1 Å². The van der Waals surface area contributed by atoms with Gasteiger partial charge in [-0.3, -0.25) is 0 Å². The van der Waals surface area contributed by atoms with E-state index in [2.05, 4.69) is 20.5 Å². The molecule has 22 heteroatoms. The maximum absolute atomic E-state index is 12.0. The number of carboxylic acid groups (broad SMARTS) is 2. The molecular weight excluding hydrogens is 740 g/mol. The minimum absolute atomic E-state index is 0. The molecular formula is C28H16N4Na4O12S2. The maximum Gasteiger partial charge on any atom is 1.00 e. The molecule has 0 unspecified atom stereocenters. The van der Waals surface area contributed by atoms with E-state index in [4.69, 9.17) is 0 Å². The first-order valence-corrected chi connectivity index (χ1v) is 15.1. The van der Waals surface area contributed by atoms with Gasteiger partial charge in [-0.1, -0.05) is 24.3 Å². The number of rotatable bonds is 10. The SMILES string of the molecule is O=C([O-])c1cc(N=Nc2ccc(C=Cc3ccc(N=Nc4ccc(O)c(C(=O)[O-])c4)cc3S(=O)(=O)[O-])c(S(=O)(=O)[O-])c2)ccc1O.[Na+].[Na+].[Na+].[Na+]. The first kappa shape index (κ1) is 48.2. The first-order valence-electron chi connectivity index (χ1n) is 12.3. The molecule has 0 aliphatic heterocycles. The van der Waals surface area contributed by atoms with Gasteiger partial charge in [0, 0.05) is 11.1 Å². The molecule has 0 aliphatic rings. The van der Waals surface area contributed by atoms with E-state index in [1.165, 1.54) is 24.3 Å². The number of carbonyl (C=O) groups excluding carboxylic acids is 2. The van der Waals surface area contributed by atoms with Crippen molar-refractivity contribution in [1.29, 1.82) is 0 Å². The number of azo groups is 2. The van der Waals surface area contributed by atoms with Gasteiger partial charge in [0.1, 0.15) is 31.7 Å². The summed E-state index contributed by atoms with van der Waals surface area (Å²) in [6.45, 7) is 0. The van der Waals surface area contributed by atoms with Gasteiger partial charge in [-0.25, -0.2) is 16.8 Å². The van der Waals surface area contributed by atoms with E-state index in [0.717, 1.165) is 60.7 Å². The molecule has 0 aromatic heterocycles. The third kappa shape index (κ3) is 13.0. The van der Waals surface area contributed by atoms with E-state index < -0.39 is 64.6 Å². The Morgan fingerprint density at radius 2 is 0.800 bits per heavy atom. The van der Waals surface area contributed by atoms with Gasteiger partial charge in [-0.2, -0.15) is 20.5 Å². The molecule has 0 spiro atoms. The van der Waals surface area contributed by atoms with Crippen molar-refractivity contribution in [3.8, 4) is 11.5 Å². The Morgan fingerprint density at radius 3 is 1.08 bits per heavy atom. The van der Waals surface area contributed by atoms with Crippen LogP contribution in [0.2, 0.25) is 0 Å². The molecule has 236 valence electrons. The third-order valence-corrected chi connectivity index (χ3v) is 7.72. The predicted octanol–water partition coefficient (Wildman–Crippen LogP) is -9.35. The second-order valence-corrected chi connectivity index (χ2v) is 11.8. The summed E-state index contributed by atoms with van der Waals surface area (Å²) in [5, 5.41) is 56.4. The van der Waals surface area contributed by atoms with Crippen molar-refractivity contribution < 1.29 is 174 Å². The van der Waals surface area contributed by atoms with Crippen LogP contribution in [0.5, 0.6) is 11.5 Å². The summed E-state index contributed by atoms with van der Waals surface area (Å²) < 4.78 is 72.0. The molecule has 0 amide bonds. The second kappa shape index (κ2) is 20.4. The van der Waals surface area contributed by atoms with Crippen molar-refractivity contribution >= 4 is 67.1 Å². The van der Waals surface area contributed by atoms with E-state index >= 15 is 0 Å². The van der Waals surface area contributed by atoms with Crippen molar-refractivity contribution in [3.05, 3.63) is 95.1 Å². The standard InChI is InChI=1S/C28H20N4O12S2.4Na/c33-23-9-7-17(11-21(23)27(35)36)29-31-19-5-3-15(25(13-19)45(39,40)41)1-2-16-4-6-20(14-26(16)46(42,43)44)32-30-18-8-10-24(34)22(12-18)28(37)38;;;;/h1-14,33-34H,(H,35,36)(H,37,38)(H,39,40,41)(H,42,43,44);;;;/q;4*+1/p-4. The molecule has 0 atom stereocenters.